The van der Waals surface area contributed by atoms with Crippen LogP contribution < -0.4 is 5.32 Å². The summed E-state index contributed by atoms with van der Waals surface area (Å²) in [6, 6.07) is 4.99. The fourth-order valence-corrected chi connectivity index (χ4v) is 1.17. The van der Waals surface area contributed by atoms with Crippen molar-refractivity contribution in [1.82, 2.24) is 0 Å². The third-order valence-corrected chi connectivity index (χ3v) is 1.54. The maximum atomic E-state index is 9.10. The second-order valence-corrected chi connectivity index (χ2v) is 2.75. The highest BCUT2D eigenvalue weighted by Gasteiger charge is 1.96. The fraction of sp³-hybridized carbons (Fsp3) is 0.125. The van der Waals surface area contributed by atoms with Gasteiger partial charge in [0.15, 0.2) is 0 Å². The molecule has 1 aromatic carbocycles. The Bertz CT molecular complexity index is 230. The smallest absolute Gasteiger partial charge is 0.117 e. The van der Waals surface area contributed by atoms with Gasteiger partial charge in [0, 0.05) is 10.6 Å². The molecule has 0 spiro atoms. The van der Waals surface area contributed by atoms with Gasteiger partial charge in [-0.05, 0) is 18.2 Å². The normalized spacial score (nSPS) is 10.0. The molecule has 0 aromatic heterocycles. The van der Waals surface area contributed by atoms with E-state index in [9.17, 15) is 0 Å². The highest BCUT2D eigenvalue weighted by Crippen LogP contribution is 2.18. The van der Waals surface area contributed by atoms with Crippen molar-refractivity contribution in [2.24, 2.45) is 0 Å². The number of hydrogen-bond donors (Lipinski definition) is 2. The van der Waals surface area contributed by atoms with E-state index in [1.54, 1.807) is 11.4 Å². The fourth-order valence-electron chi connectivity index (χ4n) is 0.918. The predicted molar refractivity (Wildman–Crippen MR) is 44.1 cm³/mol. The number of quaternary nitrogens is 1. The minimum absolute atomic E-state index is 0.203. The quantitative estimate of drug-likeness (QED) is 0.638. The first-order valence-corrected chi connectivity index (χ1v) is 3.69. The zero-order valence-corrected chi connectivity index (χ0v) is 6.80. The van der Waals surface area contributed by atoms with E-state index in [0.29, 0.717) is 5.02 Å². The molecule has 3 heteroatoms. The average molecular weight is 172 g/mol. The molecule has 1 rings (SSSR count). The Morgan fingerprint density at radius 2 is 2.18 bits per heavy atom. The van der Waals surface area contributed by atoms with Crippen LogP contribution in [0.25, 0.3) is 0 Å². The van der Waals surface area contributed by atoms with Gasteiger partial charge in [0.05, 0.1) is 6.54 Å². The van der Waals surface area contributed by atoms with Gasteiger partial charge >= 0.3 is 0 Å². The van der Waals surface area contributed by atoms with Gasteiger partial charge in [-0.25, -0.2) is 0 Å². The molecular formula is C8H10ClNO. The van der Waals surface area contributed by atoms with Gasteiger partial charge in [0.25, 0.3) is 0 Å². The molecule has 1 aromatic rings. The number of halogens is 1. The van der Waals surface area contributed by atoms with Crippen molar-refractivity contribution in [2.45, 2.75) is 6.54 Å². The molecule has 11 heavy (non-hydrogen) atoms. The molecule has 0 aliphatic heterocycles. The minimum Gasteiger partial charge on any atom is -0.508 e. The highest BCUT2D eigenvalue weighted by molar-refractivity contribution is 6.30. The first-order valence-electron chi connectivity index (χ1n) is 3.31. The van der Waals surface area contributed by atoms with Gasteiger partial charge < -0.3 is 10.4 Å². The Balaban J connectivity index is 2.89. The summed E-state index contributed by atoms with van der Waals surface area (Å²) in [5.74, 6) is 0.203. The number of nitrogens with two attached hydrogens (primary N) is 1. The lowest BCUT2D eigenvalue weighted by molar-refractivity contribution is -0.612. The van der Waals surface area contributed by atoms with Crippen LogP contribution in [0.2, 0.25) is 5.02 Å². The second kappa shape index (κ2) is 3.60. The maximum Gasteiger partial charge on any atom is 0.117 e. The van der Waals surface area contributed by atoms with Crippen LogP contribution in [0.4, 0.5) is 0 Å². The summed E-state index contributed by atoms with van der Waals surface area (Å²) in [7, 11) is 3.59. The van der Waals surface area contributed by atoms with Crippen LogP contribution in [0.5, 0.6) is 5.75 Å². The second-order valence-electron chi connectivity index (χ2n) is 2.31. The third kappa shape index (κ3) is 2.41. The third-order valence-electron chi connectivity index (χ3n) is 1.32. The average Bonchev–Trinajstić information content (AvgIpc) is 1.85. The lowest BCUT2D eigenvalue weighted by atomic mass is 10.2. The molecule has 0 radical (unpaired) electrons. The lowest BCUT2D eigenvalue weighted by Gasteiger charge is -2.01. The van der Waals surface area contributed by atoms with Crippen LogP contribution in [-0.4, -0.2) is 5.11 Å². The molecule has 0 aliphatic carbocycles. The standard InChI is InChI=1S/C8H10ClNO/c1-10-5-6-2-7(9)4-8(11)3-6/h2-4,11H,1,5,10H2. The number of phenolic OH excluding ortho intramolecular Hbond substituents is 1. The summed E-state index contributed by atoms with van der Waals surface area (Å²) >= 11 is 5.69. The summed E-state index contributed by atoms with van der Waals surface area (Å²) in [5.41, 5.74) is 0.977. The number of phenols is 1. The van der Waals surface area contributed by atoms with Gasteiger partial charge in [-0.1, -0.05) is 11.6 Å². The van der Waals surface area contributed by atoms with E-state index in [0.717, 1.165) is 12.1 Å². The molecule has 0 bridgehead atoms. The van der Waals surface area contributed by atoms with Crippen LogP contribution in [0.1, 0.15) is 5.56 Å². The molecule has 0 amide bonds. The summed E-state index contributed by atoms with van der Waals surface area (Å²) in [5, 5.41) is 11.4. The van der Waals surface area contributed by atoms with E-state index >= 15 is 0 Å². The Kier molecular flexibility index (Phi) is 2.74. The SMILES string of the molecule is [CH2-][NH2+]Cc1cc(O)cc(Cl)c1. The number of benzene rings is 1. The molecule has 3 N–H and O–H groups in total. The molecular weight excluding hydrogens is 162 g/mol. The van der Waals surface area contributed by atoms with Gasteiger partial charge in [-0.15, -0.1) is 0 Å². The van der Waals surface area contributed by atoms with E-state index < -0.39 is 0 Å². The summed E-state index contributed by atoms with van der Waals surface area (Å²) in [6.45, 7) is 0.730. The summed E-state index contributed by atoms with van der Waals surface area (Å²) in [6.07, 6.45) is 0. The molecule has 0 heterocycles. The van der Waals surface area contributed by atoms with Crippen LogP contribution in [-0.2, 0) is 6.54 Å². The van der Waals surface area contributed by atoms with Gasteiger partial charge in [0.1, 0.15) is 5.75 Å². The molecule has 0 atom stereocenters. The predicted octanol–water partition coefficient (Wildman–Crippen LogP) is 0.901. The van der Waals surface area contributed by atoms with Crippen molar-refractivity contribution >= 4 is 11.6 Å². The number of rotatable bonds is 2. The first-order chi connectivity index (χ1) is 5.22. The molecule has 0 saturated heterocycles. The van der Waals surface area contributed by atoms with Crippen molar-refractivity contribution in [2.75, 3.05) is 0 Å². The van der Waals surface area contributed by atoms with Crippen molar-refractivity contribution in [3.05, 3.63) is 35.8 Å². The Morgan fingerprint density at radius 3 is 2.73 bits per heavy atom. The van der Waals surface area contributed by atoms with Crippen molar-refractivity contribution < 1.29 is 10.4 Å². The molecule has 0 unspecified atom stereocenters. The van der Waals surface area contributed by atoms with Crippen LogP contribution >= 0.6 is 11.6 Å². The van der Waals surface area contributed by atoms with Crippen molar-refractivity contribution in [3.63, 3.8) is 0 Å². The zero-order valence-electron chi connectivity index (χ0n) is 6.05. The topological polar surface area (TPSA) is 36.8 Å². The minimum atomic E-state index is 0.203. The number of aromatic hydroxyl groups is 1. The Labute approximate surface area is 70.8 Å². The molecule has 0 aliphatic rings. The van der Waals surface area contributed by atoms with E-state index in [1.807, 2.05) is 6.07 Å². The zero-order chi connectivity index (χ0) is 8.27. The van der Waals surface area contributed by atoms with Crippen molar-refractivity contribution in [1.29, 1.82) is 0 Å². The van der Waals surface area contributed by atoms with Crippen LogP contribution in [0.15, 0.2) is 18.2 Å². The first kappa shape index (κ1) is 8.37. The maximum absolute atomic E-state index is 9.10. The van der Waals surface area contributed by atoms with E-state index in [2.05, 4.69) is 7.05 Å². The Morgan fingerprint density at radius 1 is 1.45 bits per heavy atom. The molecule has 0 fully saturated rings. The molecule has 0 saturated carbocycles. The van der Waals surface area contributed by atoms with Gasteiger partial charge in [-0.2, -0.15) is 7.05 Å². The summed E-state index contributed by atoms with van der Waals surface area (Å²) in [4.78, 5) is 0. The summed E-state index contributed by atoms with van der Waals surface area (Å²) < 4.78 is 0. The largest absolute Gasteiger partial charge is 0.508 e. The Hall–Kier alpha value is -0.730. The van der Waals surface area contributed by atoms with Gasteiger partial charge in [-0.3, -0.25) is 0 Å². The van der Waals surface area contributed by atoms with Crippen LogP contribution in [0, 0.1) is 7.05 Å². The monoisotopic (exact) mass is 171 g/mol. The number of hydrogen-bond acceptors (Lipinski definition) is 1. The van der Waals surface area contributed by atoms with Crippen molar-refractivity contribution in [3.8, 4) is 5.75 Å². The molecule has 2 nitrogen and oxygen atoms in total. The molecule has 60 valence electrons. The van der Waals surface area contributed by atoms with Crippen LogP contribution in [0.3, 0.4) is 0 Å². The highest BCUT2D eigenvalue weighted by atomic mass is 35.5. The lowest BCUT2D eigenvalue weighted by Crippen LogP contribution is -2.74. The van der Waals surface area contributed by atoms with E-state index in [-0.39, 0.29) is 5.75 Å². The van der Waals surface area contributed by atoms with Gasteiger partial charge in [0.2, 0.25) is 0 Å². The van der Waals surface area contributed by atoms with E-state index in [1.165, 1.54) is 6.07 Å². The van der Waals surface area contributed by atoms with E-state index in [4.69, 9.17) is 16.7 Å².